The SMILES string of the molecule is Cc1cccc(-c2nccn2[C@@H]2CS(=O)(=O)C[C@H]2NC(=O)C(C)C)n1.O=CO. The Hall–Kier alpha value is -2.75. The number of aromatic nitrogens is 3. The zero-order valence-corrected chi connectivity index (χ0v) is 16.8. The van der Waals surface area contributed by atoms with Gasteiger partial charge in [-0.2, -0.15) is 0 Å². The summed E-state index contributed by atoms with van der Waals surface area (Å²) in [5.41, 5.74) is 1.54. The highest BCUT2D eigenvalue weighted by molar-refractivity contribution is 7.91. The van der Waals surface area contributed by atoms with Crippen molar-refractivity contribution in [1.82, 2.24) is 19.9 Å². The van der Waals surface area contributed by atoms with Crippen LogP contribution in [0, 0.1) is 12.8 Å². The number of carbonyl (C=O) groups is 2. The van der Waals surface area contributed by atoms with E-state index >= 15 is 0 Å². The van der Waals surface area contributed by atoms with Gasteiger partial charge >= 0.3 is 0 Å². The van der Waals surface area contributed by atoms with Crippen LogP contribution < -0.4 is 5.32 Å². The molecule has 1 saturated heterocycles. The van der Waals surface area contributed by atoms with E-state index in [1.807, 2.05) is 29.7 Å². The third-order valence-corrected chi connectivity index (χ3v) is 6.03. The van der Waals surface area contributed by atoms with Gasteiger partial charge in [0.15, 0.2) is 15.7 Å². The second-order valence-corrected chi connectivity index (χ2v) is 9.00. The smallest absolute Gasteiger partial charge is 0.290 e. The van der Waals surface area contributed by atoms with E-state index in [2.05, 4.69) is 15.3 Å². The predicted molar refractivity (Wildman–Crippen MR) is 103 cm³/mol. The predicted octanol–water partition coefficient (Wildman–Crippen LogP) is 1.06. The van der Waals surface area contributed by atoms with Crippen LogP contribution in [0.4, 0.5) is 0 Å². The molecule has 9 nitrogen and oxygen atoms in total. The molecular formula is C18H24N4O5S. The Labute approximate surface area is 163 Å². The number of rotatable bonds is 4. The molecule has 0 radical (unpaired) electrons. The van der Waals surface area contributed by atoms with Gasteiger partial charge in [0.2, 0.25) is 5.91 Å². The first-order valence-corrected chi connectivity index (χ1v) is 10.6. The molecule has 2 atom stereocenters. The molecule has 1 amide bonds. The first kappa shape index (κ1) is 21.5. The fourth-order valence-corrected chi connectivity index (χ4v) is 4.94. The quantitative estimate of drug-likeness (QED) is 0.723. The van der Waals surface area contributed by atoms with Gasteiger partial charge in [-0.15, -0.1) is 0 Å². The molecule has 0 spiro atoms. The molecule has 0 aromatic carbocycles. The standard InChI is InChI=1S/C17H22N4O3S.CH2O2/c1-11(2)17(22)20-14-9-25(23,24)10-15(14)21-8-7-18-16(21)13-6-4-5-12(3)19-13;2-1-3/h4-8,11,14-15H,9-10H2,1-3H3,(H,20,22);1H,(H,2,3)/t14-,15-;/m1./s1. The third-order valence-electron chi connectivity index (χ3n) is 4.32. The zero-order chi connectivity index (χ0) is 20.9. The second-order valence-electron chi connectivity index (χ2n) is 6.84. The summed E-state index contributed by atoms with van der Waals surface area (Å²) in [4.78, 5) is 29.3. The van der Waals surface area contributed by atoms with Gasteiger partial charge in [0.1, 0.15) is 5.69 Å². The fourth-order valence-electron chi connectivity index (χ4n) is 3.04. The van der Waals surface area contributed by atoms with Crippen molar-refractivity contribution in [2.75, 3.05) is 11.5 Å². The number of hydrogen-bond donors (Lipinski definition) is 2. The highest BCUT2D eigenvalue weighted by atomic mass is 32.2. The van der Waals surface area contributed by atoms with E-state index in [9.17, 15) is 13.2 Å². The fraction of sp³-hybridized carbons (Fsp3) is 0.444. The van der Waals surface area contributed by atoms with Crippen LogP contribution in [0.2, 0.25) is 0 Å². The summed E-state index contributed by atoms with van der Waals surface area (Å²) in [5.74, 6) is 0.168. The van der Waals surface area contributed by atoms with Crippen LogP contribution in [0.15, 0.2) is 30.6 Å². The van der Waals surface area contributed by atoms with Crippen molar-refractivity contribution in [3.05, 3.63) is 36.3 Å². The molecule has 152 valence electrons. The van der Waals surface area contributed by atoms with Crippen LogP contribution in [0.1, 0.15) is 25.6 Å². The van der Waals surface area contributed by atoms with Crippen molar-refractivity contribution < 1.29 is 23.1 Å². The normalized spacial score (nSPS) is 20.3. The maximum atomic E-state index is 12.2. The lowest BCUT2D eigenvalue weighted by Crippen LogP contribution is -2.42. The molecule has 0 saturated carbocycles. The lowest BCUT2D eigenvalue weighted by molar-refractivity contribution is -0.125. The Bertz CT molecular complexity index is 939. The van der Waals surface area contributed by atoms with E-state index in [0.29, 0.717) is 11.5 Å². The van der Waals surface area contributed by atoms with Gasteiger partial charge in [0.05, 0.1) is 23.6 Å². The zero-order valence-electron chi connectivity index (χ0n) is 15.9. The van der Waals surface area contributed by atoms with Crippen LogP contribution in [0.25, 0.3) is 11.5 Å². The highest BCUT2D eigenvalue weighted by Crippen LogP contribution is 2.29. The number of amides is 1. The van der Waals surface area contributed by atoms with Crippen molar-refractivity contribution in [2.24, 2.45) is 5.92 Å². The Balaban J connectivity index is 0.000000878. The average Bonchev–Trinajstić information content (AvgIpc) is 3.19. The van der Waals surface area contributed by atoms with Crippen LogP contribution in [0.3, 0.4) is 0 Å². The lowest BCUT2D eigenvalue weighted by atomic mass is 10.1. The van der Waals surface area contributed by atoms with Crippen LogP contribution >= 0.6 is 0 Å². The molecule has 2 aromatic rings. The highest BCUT2D eigenvalue weighted by Gasteiger charge is 2.40. The Morgan fingerprint density at radius 1 is 1.36 bits per heavy atom. The van der Waals surface area contributed by atoms with E-state index in [1.54, 1.807) is 26.2 Å². The molecule has 2 N–H and O–H groups in total. The molecule has 2 aromatic heterocycles. The van der Waals surface area contributed by atoms with Gasteiger partial charge in [0, 0.05) is 24.0 Å². The van der Waals surface area contributed by atoms with Gasteiger partial charge < -0.3 is 15.0 Å². The summed E-state index contributed by atoms with van der Waals surface area (Å²) in [6.07, 6.45) is 3.38. The van der Waals surface area contributed by atoms with E-state index in [-0.39, 0.29) is 29.8 Å². The maximum Gasteiger partial charge on any atom is 0.290 e. The van der Waals surface area contributed by atoms with E-state index in [0.717, 1.165) is 5.69 Å². The molecule has 0 bridgehead atoms. The Morgan fingerprint density at radius 3 is 2.64 bits per heavy atom. The minimum Gasteiger partial charge on any atom is -0.483 e. The molecule has 28 heavy (non-hydrogen) atoms. The van der Waals surface area contributed by atoms with Gasteiger partial charge in [-0.1, -0.05) is 19.9 Å². The molecule has 3 rings (SSSR count). The third kappa shape index (κ3) is 5.16. The number of sulfone groups is 1. The molecule has 1 fully saturated rings. The van der Waals surface area contributed by atoms with Crippen molar-refractivity contribution in [3.8, 4) is 11.5 Å². The minimum atomic E-state index is -3.23. The molecule has 3 heterocycles. The number of carboxylic acid groups (broad SMARTS) is 1. The number of carbonyl (C=O) groups excluding carboxylic acids is 1. The van der Waals surface area contributed by atoms with Crippen molar-refractivity contribution >= 4 is 22.2 Å². The summed E-state index contributed by atoms with van der Waals surface area (Å²) in [7, 11) is -3.23. The molecule has 1 aliphatic heterocycles. The number of nitrogens with zero attached hydrogens (tertiary/aromatic N) is 3. The lowest BCUT2D eigenvalue weighted by Gasteiger charge is -2.23. The molecule has 10 heteroatoms. The number of imidazole rings is 1. The van der Waals surface area contributed by atoms with Crippen molar-refractivity contribution in [1.29, 1.82) is 0 Å². The molecule has 0 unspecified atom stereocenters. The molecule has 0 aliphatic carbocycles. The topological polar surface area (TPSA) is 131 Å². The summed E-state index contributed by atoms with van der Waals surface area (Å²) in [6, 6.07) is 4.75. The van der Waals surface area contributed by atoms with Gasteiger partial charge in [-0.05, 0) is 19.1 Å². The molecular weight excluding hydrogens is 384 g/mol. The molecule has 1 aliphatic rings. The maximum absolute atomic E-state index is 12.2. The number of pyridine rings is 1. The Kier molecular flexibility index (Phi) is 6.90. The van der Waals surface area contributed by atoms with E-state index in [1.165, 1.54) is 0 Å². The minimum absolute atomic E-state index is 0.0226. The van der Waals surface area contributed by atoms with Crippen LogP contribution in [0.5, 0.6) is 0 Å². The number of nitrogens with one attached hydrogen (secondary N) is 1. The van der Waals surface area contributed by atoms with Gasteiger partial charge in [-0.25, -0.2) is 18.4 Å². The number of hydrogen-bond acceptors (Lipinski definition) is 6. The second kappa shape index (κ2) is 8.96. The largest absolute Gasteiger partial charge is 0.483 e. The average molecular weight is 408 g/mol. The van der Waals surface area contributed by atoms with Gasteiger partial charge in [-0.3, -0.25) is 9.59 Å². The summed E-state index contributed by atoms with van der Waals surface area (Å²) in [5, 5.41) is 9.76. The van der Waals surface area contributed by atoms with Gasteiger partial charge in [0.25, 0.3) is 6.47 Å². The van der Waals surface area contributed by atoms with Crippen LogP contribution in [-0.4, -0.2) is 58.0 Å². The first-order valence-electron chi connectivity index (χ1n) is 8.74. The summed E-state index contributed by atoms with van der Waals surface area (Å²) < 4.78 is 26.2. The Morgan fingerprint density at radius 2 is 2.04 bits per heavy atom. The van der Waals surface area contributed by atoms with Crippen molar-refractivity contribution in [2.45, 2.75) is 32.9 Å². The summed E-state index contributed by atoms with van der Waals surface area (Å²) in [6.45, 7) is 5.21. The van der Waals surface area contributed by atoms with Crippen molar-refractivity contribution in [3.63, 3.8) is 0 Å². The van der Waals surface area contributed by atoms with E-state index in [4.69, 9.17) is 9.90 Å². The summed E-state index contributed by atoms with van der Waals surface area (Å²) >= 11 is 0. The first-order chi connectivity index (χ1) is 13.2. The number of aryl methyl sites for hydroxylation is 1. The monoisotopic (exact) mass is 408 g/mol. The van der Waals surface area contributed by atoms with E-state index < -0.39 is 21.9 Å². The van der Waals surface area contributed by atoms with Crippen LogP contribution in [-0.2, 0) is 19.4 Å².